The first-order chi connectivity index (χ1) is 20.6. The van der Waals surface area contributed by atoms with Crippen molar-refractivity contribution in [3.8, 4) is 5.75 Å². The summed E-state index contributed by atoms with van der Waals surface area (Å²) in [6.45, 7) is 0.889. The molecular weight excluding hydrogens is 597 g/mol. The Labute approximate surface area is 261 Å². The maximum atomic E-state index is 13.9. The van der Waals surface area contributed by atoms with Gasteiger partial charge in [0.25, 0.3) is 6.47 Å². The first-order valence-electron chi connectivity index (χ1n) is 14.1. The number of nitrogens with two attached hydrogens (primary N) is 2. The van der Waals surface area contributed by atoms with Gasteiger partial charge in [-0.2, -0.15) is 0 Å². The van der Waals surface area contributed by atoms with Gasteiger partial charge in [-0.05, 0) is 43.7 Å². The van der Waals surface area contributed by atoms with Gasteiger partial charge in [-0.1, -0.05) is 59.6 Å². The molecule has 2 aromatic rings. The van der Waals surface area contributed by atoms with E-state index in [9.17, 15) is 14.4 Å². The monoisotopic (exact) mass is 635 g/mol. The number of benzene rings is 2. The standard InChI is InChI=1S/C29H37Cl2N5O4.CH2O2/c1-40-27-19(8-10-22(30)26(27)31)16-34-28(38)23(11-12-25(33)37)35-14-13-21(9-7-18-5-3-2-4-6-18)36-17-20(32)15-24(36)29(35)39;2-1-3/h2-6,8,10,20-21,23-24H,7,9,11-17,32H2,1H3,(H2,33,37)(H,34,38);1H,(H,2,3)/t20-,21?,23-,24+;/m1./s1. The van der Waals surface area contributed by atoms with Crippen molar-refractivity contribution in [2.45, 2.75) is 69.2 Å². The zero-order chi connectivity index (χ0) is 31.5. The molecule has 0 spiro atoms. The maximum Gasteiger partial charge on any atom is 0.290 e. The topological polar surface area (TPSA) is 168 Å². The summed E-state index contributed by atoms with van der Waals surface area (Å²) in [6, 6.07) is 12.4. The van der Waals surface area contributed by atoms with Gasteiger partial charge in [0.05, 0.1) is 18.2 Å². The Kier molecular flexibility index (Phi) is 13.1. The highest BCUT2D eigenvalue weighted by atomic mass is 35.5. The molecule has 13 heteroatoms. The summed E-state index contributed by atoms with van der Waals surface area (Å²) in [5.41, 5.74) is 13.7. The lowest BCUT2D eigenvalue weighted by molar-refractivity contribution is -0.143. The lowest BCUT2D eigenvalue weighted by Gasteiger charge is -2.32. The number of primary amides is 1. The van der Waals surface area contributed by atoms with Crippen LogP contribution in [-0.2, 0) is 32.1 Å². The minimum atomic E-state index is -0.861. The fraction of sp³-hybridized carbons (Fsp3) is 0.467. The van der Waals surface area contributed by atoms with Gasteiger partial charge < -0.3 is 31.5 Å². The highest BCUT2D eigenvalue weighted by Gasteiger charge is 2.45. The predicted octanol–water partition coefficient (Wildman–Crippen LogP) is 2.59. The van der Waals surface area contributed by atoms with Gasteiger partial charge in [0.1, 0.15) is 16.8 Å². The summed E-state index contributed by atoms with van der Waals surface area (Å²) in [6.07, 6.45) is 3.09. The van der Waals surface area contributed by atoms with Crippen molar-refractivity contribution in [2.24, 2.45) is 11.5 Å². The second kappa shape index (κ2) is 16.5. The highest BCUT2D eigenvalue weighted by Crippen LogP contribution is 2.35. The molecule has 0 saturated carbocycles. The molecular formula is C30H39Cl2N5O6. The van der Waals surface area contributed by atoms with Gasteiger partial charge in [-0.15, -0.1) is 0 Å². The molecule has 1 unspecified atom stereocenters. The number of nitrogens with zero attached hydrogens (tertiary/aromatic N) is 2. The van der Waals surface area contributed by atoms with Gasteiger partial charge in [0, 0.05) is 43.7 Å². The van der Waals surface area contributed by atoms with E-state index in [2.05, 4.69) is 22.3 Å². The number of carboxylic acid groups (broad SMARTS) is 1. The van der Waals surface area contributed by atoms with Crippen LogP contribution in [0.5, 0.6) is 5.75 Å². The zero-order valence-corrected chi connectivity index (χ0v) is 25.6. The highest BCUT2D eigenvalue weighted by molar-refractivity contribution is 6.43. The number of fused-ring (bicyclic) bond motifs is 1. The lowest BCUT2D eigenvalue weighted by atomic mass is 10.0. The van der Waals surface area contributed by atoms with E-state index < -0.39 is 18.0 Å². The van der Waals surface area contributed by atoms with Crippen LogP contribution in [0.1, 0.15) is 43.2 Å². The number of carbonyl (C=O) groups is 4. The minimum absolute atomic E-state index is 0.0245. The molecule has 4 atom stereocenters. The molecule has 2 aliphatic heterocycles. The van der Waals surface area contributed by atoms with Crippen molar-refractivity contribution in [3.63, 3.8) is 0 Å². The summed E-state index contributed by atoms with van der Waals surface area (Å²) in [4.78, 5) is 51.4. The van der Waals surface area contributed by atoms with E-state index >= 15 is 0 Å². The van der Waals surface area contributed by atoms with Crippen LogP contribution in [0, 0.1) is 0 Å². The molecule has 0 aromatic heterocycles. The SMILES string of the molecule is COc1c(CNC(=O)[C@@H](CCC(N)=O)N2CCC(CCc3ccccc3)N3C[C@H](N)C[C@H]3C2=O)ccc(Cl)c1Cl.O=CO. The van der Waals surface area contributed by atoms with Crippen molar-refractivity contribution in [1.29, 1.82) is 0 Å². The molecule has 2 aliphatic rings. The molecule has 0 radical (unpaired) electrons. The van der Waals surface area contributed by atoms with E-state index in [-0.39, 0.29) is 54.8 Å². The third-order valence-electron chi connectivity index (χ3n) is 7.85. The van der Waals surface area contributed by atoms with E-state index in [1.807, 2.05) is 18.2 Å². The number of halogens is 2. The van der Waals surface area contributed by atoms with Crippen LogP contribution < -0.4 is 21.5 Å². The van der Waals surface area contributed by atoms with Crippen molar-refractivity contribution in [2.75, 3.05) is 20.2 Å². The number of amides is 3. The quantitative estimate of drug-likeness (QED) is 0.273. The van der Waals surface area contributed by atoms with E-state index in [4.69, 9.17) is 49.3 Å². The summed E-state index contributed by atoms with van der Waals surface area (Å²) >= 11 is 12.4. The fourth-order valence-electron chi connectivity index (χ4n) is 5.83. The smallest absolute Gasteiger partial charge is 0.290 e. The molecule has 234 valence electrons. The molecule has 2 heterocycles. The van der Waals surface area contributed by atoms with Crippen molar-refractivity contribution in [1.82, 2.24) is 15.1 Å². The van der Waals surface area contributed by atoms with Crippen LogP contribution in [0.2, 0.25) is 10.0 Å². The van der Waals surface area contributed by atoms with Crippen LogP contribution in [0.4, 0.5) is 0 Å². The minimum Gasteiger partial charge on any atom is -0.495 e. The number of nitrogens with one attached hydrogen (secondary N) is 1. The number of hydrogen-bond acceptors (Lipinski definition) is 7. The normalized spacial score (nSPS) is 20.7. The third-order valence-corrected chi connectivity index (χ3v) is 8.64. The van der Waals surface area contributed by atoms with E-state index in [0.717, 1.165) is 12.8 Å². The fourth-order valence-corrected chi connectivity index (χ4v) is 6.24. The molecule has 2 saturated heterocycles. The Morgan fingerprint density at radius 2 is 1.91 bits per heavy atom. The van der Waals surface area contributed by atoms with Gasteiger partial charge in [0.15, 0.2) is 0 Å². The van der Waals surface area contributed by atoms with Crippen molar-refractivity contribution >= 4 is 47.4 Å². The van der Waals surface area contributed by atoms with Crippen LogP contribution in [0.3, 0.4) is 0 Å². The summed E-state index contributed by atoms with van der Waals surface area (Å²) < 4.78 is 5.39. The summed E-state index contributed by atoms with van der Waals surface area (Å²) in [5, 5.41) is 10.4. The second-order valence-corrected chi connectivity index (χ2v) is 11.4. The van der Waals surface area contributed by atoms with Crippen LogP contribution >= 0.6 is 23.2 Å². The molecule has 2 aromatic carbocycles. The van der Waals surface area contributed by atoms with E-state index in [1.165, 1.54) is 12.7 Å². The Morgan fingerprint density at radius 1 is 1.21 bits per heavy atom. The number of rotatable bonds is 11. The maximum absolute atomic E-state index is 13.9. The number of aryl methyl sites for hydroxylation is 1. The summed E-state index contributed by atoms with van der Waals surface area (Å²) in [5.74, 6) is -0.673. The van der Waals surface area contributed by atoms with Crippen molar-refractivity contribution in [3.05, 3.63) is 63.6 Å². The van der Waals surface area contributed by atoms with Gasteiger partial charge >= 0.3 is 0 Å². The molecule has 0 aliphatic carbocycles. The number of carbonyl (C=O) groups excluding carboxylic acids is 3. The second-order valence-electron chi connectivity index (χ2n) is 10.6. The van der Waals surface area contributed by atoms with Gasteiger partial charge in [-0.3, -0.25) is 24.1 Å². The molecule has 6 N–H and O–H groups in total. The lowest BCUT2D eigenvalue weighted by Crippen LogP contribution is -2.53. The van der Waals surface area contributed by atoms with Crippen LogP contribution in [0.25, 0.3) is 0 Å². The number of methoxy groups -OCH3 is 1. The average Bonchev–Trinajstić information content (AvgIpc) is 3.33. The third kappa shape index (κ3) is 9.06. The Morgan fingerprint density at radius 3 is 2.56 bits per heavy atom. The summed E-state index contributed by atoms with van der Waals surface area (Å²) in [7, 11) is 1.47. The molecule has 43 heavy (non-hydrogen) atoms. The van der Waals surface area contributed by atoms with E-state index in [0.29, 0.717) is 42.3 Å². The Hall–Kier alpha value is -3.38. The molecule has 4 rings (SSSR count). The Balaban J connectivity index is 0.00000162. The van der Waals surface area contributed by atoms with Gasteiger partial charge in [0.2, 0.25) is 17.7 Å². The first kappa shape index (κ1) is 34.1. The van der Waals surface area contributed by atoms with Gasteiger partial charge in [-0.25, -0.2) is 0 Å². The van der Waals surface area contributed by atoms with Crippen LogP contribution in [0.15, 0.2) is 42.5 Å². The first-order valence-corrected chi connectivity index (χ1v) is 14.9. The zero-order valence-electron chi connectivity index (χ0n) is 24.1. The average molecular weight is 637 g/mol. The molecule has 3 amide bonds. The Bertz CT molecular complexity index is 1270. The molecule has 11 nitrogen and oxygen atoms in total. The van der Waals surface area contributed by atoms with Crippen molar-refractivity contribution < 1.29 is 29.0 Å². The number of ether oxygens (including phenoxy) is 1. The van der Waals surface area contributed by atoms with Crippen LogP contribution in [-0.4, -0.2) is 83.5 Å². The largest absolute Gasteiger partial charge is 0.495 e. The number of hydrogen-bond donors (Lipinski definition) is 4. The van der Waals surface area contributed by atoms with E-state index in [1.54, 1.807) is 17.0 Å². The predicted molar refractivity (Wildman–Crippen MR) is 164 cm³/mol. The molecule has 0 bridgehead atoms. The molecule has 2 fully saturated rings.